The predicted molar refractivity (Wildman–Crippen MR) is 149 cm³/mol. The number of hydrogen-bond acceptors (Lipinski definition) is 8. The van der Waals surface area contributed by atoms with Gasteiger partial charge in [0, 0.05) is 44.3 Å². The van der Waals surface area contributed by atoms with Crippen molar-refractivity contribution >= 4 is 84.1 Å². The Morgan fingerprint density at radius 2 is 1.08 bits per heavy atom. The molecular formula is C22H18Cl4N8S2Zn. The van der Waals surface area contributed by atoms with Crippen molar-refractivity contribution in [2.45, 2.75) is 37.0 Å². The summed E-state index contributed by atoms with van der Waals surface area (Å²) in [5.41, 5.74) is 1.51. The van der Waals surface area contributed by atoms with E-state index in [2.05, 4.69) is 30.6 Å². The van der Waals surface area contributed by atoms with Crippen LogP contribution >= 0.6 is 46.4 Å². The van der Waals surface area contributed by atoms with Crippen LogP contribution in [0.4, 0.5) is 0 Å². The third-order valence-corrected chi connectivity index (χ3v) is 6.17. The van der Waals surface area contributed by atoms with Gasteiger partial charge in [0.05, 0.1) is 22.5 Å². The van der Waals surface area contributed by atoms with Crippen LogP contribution in [0.3, 0.4) is 0 Å². The number of nitrogens with zero attached hydrogens (tertiary/aromatic N) is 8. The molecule has 0 aliphatic heterocycles. The van der Waals surface area contributed by atoms with Crippen molar-refractivity contribution < 1.29 is 19.5 Å². The van der Waals surface area contributed by atoms with Gasteiger partial charge in [-0.25, -0.2) is 9.35 Å². The molecule has 0 fully saturated rings. The van der Waals surface area contributed by atoms with Gasteiger partial charge in [0.15, 0.2) is 11.6 Å². The summed E-state index contributed by atoms with van der Waals surface area (Å²) in [6.45, 7) is 3.92. The Morgan fingerprint density at radius 3 is 1.41 bits per heavy atom. The Kier molecular flexibility index (Phi) is 12.8. The van der Waals surface area contributed by atoms with Gasteiger partial charge in [0.25, 0.3) is 0 Å². The summed E-state index contributed by atoms with van der Waals surface area (Å²) in [4.78, 5) is 0. The van der Waals surface area contributed by atoms with E-state index in [0.717, 1.165) is 11.1 Å². The van der Waals surface area contributed by atoms with E-state index in [0.29, 0.717) is 54.9 Å². The first-order valence-corrected chi connectivity index (χ1v) is 12.8. The first-order valence-electron chi connectivity index (χ1n) is 10.4. The van der Waals surface area contributed by atoms with E-state index in [9.17, 15) is 0 Å². The van der Waals surface area contributed by atoms with Gasteiger partial charge < -0.3 is 25.3 Å². The van der Waals surface area contributed by atoms with E-state index in [1.165, 1.54) is 9.35 Å². The molecule has 0 N–H and O–H groups in total. The van der Waals surface area contributed by atoms with E-state index in [-0.39, 0.29) is 19.5 Å². The van der Waals surface area contributed by atoms with E-state index in [1.54, 1.807) is 48.8 Å². The van der Waals surface area contributed by atoms with Crippen molar-refractivity contribution in [2.75, 3.05) is 0 Å². The quantitative estimate of drug-likeness (QED) is 0.146. The average Bonchev–Trinajstić information content (AvgIpc) is 3.39. The Balaban J connectivity index is 0.000000253. The van der Waals surface area contributed by atoms with Crippen LogP contribution in [0.2, 0.25) is 20.1 Å². The molecule has 0 amide bonds. The van der Waals surface area contributed by atoms with Crippen molar-refractivity contribution in [3.05, 3.63) is 79.3 Å². The number of aryl methyl sites for hydroxylation is 2. The number of rotatable bonds is 6. The molecule has 2 heterocycles. The van der Waals surface area contributed by atoms with Crippen LogP contribution < -0.4 is 0 Å². The summed E-state index contributed by atoms with van der Waals surface area (Å²) < 4.78 is 3.03. The van der Waals surface area contributed by atoms with Gasteiger partial charge in [0.1, 0.15) is 0 Å². The van der Waals surface area contributed by atoms with Crippen molar-refractivity contribution in [3.8, 4) is 0 Å². The largest absolute Gasteiger partial charge is 2.00 e. The molecule has 0 aliphatic rings. The molecule has 8 nitrogen and oxygen atoms in total. The maximum Gasteiger partial charge on any atom is 2.00 e. The van der Waals surface area contributed by atoms with Crippen molar-refractivity contribution in [3.63, 3.8) is 0 Å². The van der Waals surface area contributed by atoms with Gasteiger partial charge in [-0.3, -0.25) is 0 Å². The molecule has 0 radical (unpaired) electrons. The van der Waals surface area contributed by atoms with Crippen molar-refractivity contribution in [1.82, 2.24) is 29.7 Å². The Bertz CT molecular complexity index is 1300. The van der Waals surface area contributed by atoms with Crippen molar-refractivity contribution in [2.24, 2.45) is 10.2 Å². The summed E-state index contributed by atoms with van der Waals surface area (Å²) in [6, 6.07) is 10.4. The standard InChI is InChI=1S/2C11H10Cl2N4S.Zn/c2*1-2-10-15-16-11(18)17(10)14-6-7-3-4-8(12)5-9(7)13;/h2*3-6H,2H2,1H3,(H,16,18);/q;;+2/p-2. The Morgan fingerprint density at radius 1 is 0.703 bits per heavy atom. The molecule has 0 bridgehead atoms. The maximum atomic E-state index is 6.04. The SMILES string of the molecule is CCc1nnc([S-])n1N=Cc1ccc(Cl)cc1Cl.CCc1nnc([S-])n1N=Cc1ccc(Cl)cc1Cl.[Zn+2]. The molecule has 37 heavy (non-hydrogen) atoms. The molecule has 4 aromatic rings. The maximum absolute atomic E-state index is 6.04. The summed E-state index contributed by atoms with van der Waals surface area (Å²) >= 11 is 33.8. The summed E-state index contributed by atoms with van der Waals surface area (Å²) in [5.74, 6) is 1.42. The molecular weight excluding hydrogens is 648 g/mol. The van der Waals surface area contributed by atoms with E-state index >= 15 is 0 Å². The van der Waals surface area contributed by atoms with Crippen LogP contribution in [-0.2, 0) is 57.6 Å². The fourth-order valence-electron chi connectivity index (χ4n) is 2.72. The third kappa shape index (κ3) is 8.65. The summed E-state index contributed by atoms with van der Waals surface area (Å²) in [7, 11) is 0. The topological polar surface area (TPSA) is 86.1 Å². The van der Waals surface area contributed by atoms with E-state index in [1.807, 2.05) is 13.8 Å². The third-order valence-electron chi connectivity index (χ3n) is 4.54. The fraction of sp³-hybridized carbons (Fsp3) is 0.182. The first kappa shape index (κ1) is 31.5. The van der Waals surface area contributed by atoms with Crippen LogP contribution in [-0.4, -0.2) is 42.2 Å². The van der Waals surface area contributed by atoms with Crippen LogP contribution in [0.25, 0.3) is 0 Å². The zero-order valence-electron chi connectivity index (χ0n) is 19.6. The zero-order chi connectivity index (χ0) is 26.2. The summed E-state index contributed by atoms with van der Waals surface area (Å²) in [5, 5.41) is 26.8. The molecule has 2 aromatic heterocycles. The Hall–Kier alpha value is -1.72. The van der Waals surface area contributed by atoms with Gasteiger partial charge in [-0.1, -0.05) is 72.4 Å². The molecule has 0 saturated heterocycles. The molecule has 4 rings (SSSR count). The second-order valence-electron chi connectivity index (χ2n) is 6.95. The van der Waals surface area contributed by atoms with Crippen molar-refractivity contribution in [1.29, 1.82) is 0 Å². The van der Waals surface area contributed by atoms with Crippen LogP contribution in [0, 0.1) is 0 Å². The van der Waals surface area contributed by atoms with Gasteiger partial charge in [-0.05, 0) is 24.3 Å². The van der Waals surface area contributed by atoms with E-state index < -0.39 is 0 Å². The zero-order valence-corrected chi connectivity index (χ0v) is 27.3. The summed E-state index contributed by atoms with van der Waals surface area (Å²) in [6.07, 6.45) is 4.62. The van der Waals surface area contributed by atoms with Crippen LogP contribution in [0.15, 0.2) is 56.9 Å². The normalized spacial score (nSPS) is 11.0. The number of halogens is 4. The Labute approximate surface area is 258 Å². The predicted octanol–water partition coefficient (Wildman–Crippen LogP) is 5.87. The molecule has 188 valence electrons. The second kappa shape index (κ2) is 15.0. The van der Waals surface area contributed by atoms with Crippen LogP contribution in [0.5, 0.6) is 0 Å². The van der Waals surface area contributed by atoms with E-state index in [4.69, 9.17) is 71.7 Å². The number of benzene rings is 2. The minimum absolute atomic E-state index is 0. The van der Waals surface area contributed by atoms with Gasteiger partial charge in [-0.2, -0.15) is 20.4 Å². The minimum Gasteiger partial charge on any atom is -0.738 e. The average molecular weight is 666 g/mol. The molecule has 2 aromatic carbocycles. The second-order valence-corrected chi connectivity index (χ2v) is 9.37. The fourth-order valence-corrected chi connectivity index (χ4v) is 4.02. The smallest absolute Gasteiger partial charge is 0.738 e. The monoisotopic (exact) mass is 662 g/mol. The minimum atomic E-state index is 0. The molecule has 0 saturated carbocycles. The molecule has 0 spiro atoms. The molecule has 0 aliphatic carbocycles. The van der Waals surface area contributed by atoms with Crippen LogP contribution in [0.1, 0.15) is 36.6 Å². The van der Waals surface area contributed by atoms with Gasteiger partial charge >= 0.3 is 19.5 Å². The number of aromatic nitrogens is 6. The molecule has 0 unspecified atom stereocenters. The molecule has 0 atom stereocenters. The number of hydrogen-bond donors (Lipinski definition) is 0. The van der Waals surface area contributed by atoms with Gasteiger partial charge in [0.2, 0.25) is 0 Å². The molecule has 15 heteroatoms. The first-order chi connectivity index (χ1) is 17.2. The van der Waals surface area contributed by atoms with Gasteiger partial charge in [-0.15, -0.1) is 10.2 Å².